The molecule has 0 saturated carbocycles. The molecule has 0 fully saturated rings. The van der Waals surface area contributed by atoms with E-state index in [0.717, 1.165) is 0 Å². The maximum absolute atomic E-state index is 11.1. The van der Waals surface area contributed by atoms with E-state index in [-0.39, 0.29) is 16.7 Å². The van der Waals surface area contributed by atoms with E-state index in [1.54, 1.807) is 0 Å². The van der Waals surface area contributed by atoms with Gasteiger partial charge in [-0.25, -0.2) is 0 Å². The summed E-state index contributed by atoms with van der Waals surface area (Å²) in [7, 11) is -1.65. The van der Waals surface area contributed by atoms with Crippen LogP contribution >= 0.6 is 0 Å². The summed E-state index contributed by atoms with van der Waals surface area (Å²) >= 11 is 0. The van der Waals surface area contributed by atoms with E-state index in [1.165, 1.54) is 6.92 Å². The zero-order chi connectivity index (χ0) is 12.3. The standard InChI is InChI=1S/C12H24O2Si/c1-8-9-11(14-10(2)13)15(6,7)12(3,4)5/h8-9,11H,1-7H3/b9-8-/t11-/m0/s1. The highest BCUT2D eigenvalue weighted by molar-refractivity contribution is 6.81. The highest BCUT2D eigenvalue weighted by atomic mass is 28.3. The monoisotopic (exact) mass is 228 g/mol. The van der Waals surface area contributed by atoms with Crippen LogP contribution in [-0.2, 0) is 9.53 Å². The minimum atomic E-state index is -1.65. The van der Waals surface area contributed by atoms with Crippen LogP contribution in [0.1, 0.15) is 34.6 Å². The third-order valence-electron chi connectivity index (χ3n) is 3.30. The van der Waals surface area contributed by atoms with E-state index in [4.69, 9.17) is 4.74 Å². The lowest BCUT2D eigenvalue weighted by molar-refractivity contribution is -0.141. The van der Waals surface area contributed by atoms with E-state index in [9.17, 15) is 4.79 Å². The van der Waals surface area contributed by atoms with E-state index in [1.807, 2.05) is 19.1 Å². The Hall–Kier alpha value is -0.573. The van der Waals surface area contributed by atoms with Crippen LogP contribution in [0.15, 0.2) is 12.2 Å². The predicted molar refractivity (Wildman–Crippen MR) is 67.6 cm³/mol. The van der Waals surface area contributed by atoms with Crippen LogP contribution in [-0.4, -0.2) is 19.8 Å². The number of ether oxygens (including phenoxy) is 1. The third kappa shape index (κ3) is 3.82. The Labute approximate surface area is 94.7 Å². The molecule has 0 spiro atoms. The molecule has 0 aromatic heterocycles. The van der Waals surface area contributed by atoms with Gasteiger partial charge in [0.1, 0.15) is 13.8 Å². The van der Waals surface area contributed by atoms with E-state index < -0.39 is 8.07 Å². The van der Waals surface area contributed by atoms with Crippen molar-refractivity contribution >= 4 is 14.0 Å². The van der Waals surface area contributed by atoms with E-state index in [2.05, 4.69) is 33.9 Å². The van der Waals surface area contributed by atoms with Crippen LogP contribution in [0, 0.1) is 0 Å². The maximum atomic E-state index is 11.1. The van der Waals surface area contributed by atoms with Crippen molar-refractivity contribution in [2.75, 3.05) is 0 Å². The van der Waals surface area contributed by atoms with Crippen LogP contribution in [0.2, 0.25) is 18.1 Å². The third-order valence-corrected chi connectivity index (χ3v) is 8.90. The topological polar surface area (TPSA) is 26.3 Å². The summed E-state index contributed by atoms with van der Waals surface area (Å²) in [5.41, 5.74) is -0.0278. The first kappa shape index (κ1) is 14.4. The molecule has 88 valence electrons. The number of allylic oxidation sites excluding steroid dienone is 1. The van der Waals surface area contributed by atoms with Gasteiger partial charge in [0.05, 0.1) is 0 Å². The first-order valence-electron chi connectivity index (χ1n) is 5.43. The number of hydrogen-bond acceptors (Lipinski definition) is 2. The Balaban J connectivity index is 4.98. The molecule has 3 heteroatoms. The summed E-state index contributed by atoms with van der Waals surface area (Å²) in [5, 5.41) is 0.215. The number of esters is 1. The molecule has 2 nitrogen and oxygen atoms in total. The fourth-order valence-electron chi connectivity index (χ4n) is 1.21. The fourth-order valence-corrected chi connectivity index (χ4v) is 3.20. The molecule has 0 radical (unpaired) electrons. The fraction of sp³-hybridized carbons (Fsp3) is 0.750. The summed E-state index contributed by atoms with van der Waals surface area (Å²) in [5.74, 6) is -0.192. The molecule has 0 N–H and O–H groups in total. The van der Waals surface area contributed by atoms with Gasteiger partial charge in [0.2, 0.25) is 0 Å². The summed E-state index contributed by atoms with van der Waals surface area (Å²) in [6.07, 6.45) is 3.98. The van der Waals surface area contributed by atoms with Gasteiger partial charge in [-0.15, -0.1) is 0 Å². The van der Waals surface area contributed by atoms with Crippen molar-refractivity contribution in [2.45, 2.75) is 58.5 Å². The van der Waals surface area contributed by atoms with Crippen molar-refractivity contribution in [1.29, 1.82) is 0 Å². The van der Waals surface area contributed by atoms with Crippen molar-refractivity contribution in [3.8, 4) is 0 Å². The van der Waals surface area contributed by atoms with Gasteiger partial charge in [-0.1, -0.05) is 46.0 Å². The molecular weight excluding hydrogens is 204 g/mol. The molecule has 0 amide bonds. The minimum absolute atomic E-state index is 0.0278. The summed E-state index contributed by atoms with van der Waals surface area (Å²) in [6.45, 7) is 14.6. The van der Waals surface area contributed by atoms with E-state index >= 15 is 0 Å². The van der Waals surface area contributed by atoms with Gasteiger partial charge in [-0.3, -0.25) is 4.79 Å². The lowest BCUT2D eigenvalue weighted by Gasteiger charge is -2.41. The zero-order valence-electron chi connectivity index (χ0n) is 11.0. The lowest BCUT2D eigenvalue weighted by Crippen LogP contribution is -2.50. The molecule has 0 heterocycles. The summed E-state index contributed by atoms with van der Waals surface area (Å²) in [6, 6.07) is 0. The zero-order valence-corrected chi connectivity index (χ0v) is 12.0. The lowest BCUT2D eigenvalue weighted by atomic mass is 10.2. The van der Waals surface area contributed by atoms with Crippen molar-refractivity contribution in [3.05, 3.63) is 12.2 Å². The SMILES string of the molecule is C/C=C\[C@@H](OC(C)=O)[Si](C)(C)C(C)(C)C. The molecule has 0 aliphatic rings. The quantitative estimate of drug-likeness (QED) is 0.419. The van der Waals surface area contributed by atoms with Crippen LogP contribution in [0.3, 0.4) is 0 Å². The number of hydrogen-bond donors (Lipinski definition) is 0. The molecule has 0 aliphatic heterocycles. The Morgan fingerprint density at radius 2 is 1.80 bits per heavy atom. The van der Waals surface area contributed by atoms with Gasteiger partial charge in [0.25, 0.3) is 0 Å². The average molecular weight is 228 g/mol. The van der Waals surface area contributed by atoms with Gasteiger partial charge < -0.3 is 4.74 Å². The second kappa shape index (κ2) is 4.97. The normalized spacial score (nSPS) is 15.4. The Kier molecular flexibility index (Phi) is 4.78. The predicted octanol–water partition coefficient (Wildman–Crippen LogP) is 3.54. The van der Waals surface area contributed by atoms with Gasteiger partial charge in [-0.2, -0.15) is 0 Å². The highest BCUT2D eigenvalue weighted by Crippen LogP contribution is 2.39. The number of rotatable bonds is 3. The van der Waals surface area contributed by atoms with Crippen molar-refractivity contribution < 1.29 is 9.53 Å². The molecule has 0 aromatic carbocycles. The molecular formula is C12H24O2Si. The van der Waals surface area contributed by atoms with Gasteiger partial charge in [-0.05, 0) is 12.0 Å². The number of carbonyl (C=O) groups excluding carboxylic acids is 1. The Bertz CT molecular complexity index is 249. The van der Waals surface area contributed by atoms with Crippen LogP contribution in [0.25, 0.3) is 0 Å². The first-order valence-corrected chi connectivity index (χ1v) is 8.50. The minimum Gasteiger partial charge on any atom is -0.462 e. The van der Waals surface area contributed by atoms with Gasteiger partial charge in [0, 0.05) is 6.92 Å². The van der Waals surface area contributed by atoms with E-state index in [0.29, 0.717) is 0 Å². The Morgan fingerprint density at radius 3 is 2.07 bits per heavy atom. The second-order valence-electron chi connectivity index (χ2n) is 5.53. The molecule has 15 heavy (non-hydrogen) atoms. The molecule has 0 bridgehead atoms. The molecule has 0 aromatic rings. The summed E-state index contributed by atoms with van der Waals surface area (Å²) in [4.78, 5) is 11.1. The molecule has 0 saturated heterocycles. The van der Waals surface area contributed by atoms with Crippen molar-refractivity contribution in [3.63, 3.8) is 0 Å². The van der Waals surface area contributed by atoms with Crippen molar-refractivity contribution in [2.24, 2.45) is 0 Å². The molecule has 1 atom stereocenters. The first-order chi connectivity index (χ1) is 6.63. The van der Waals surface area contributed by atoms with Gasteiger partial charge in [0.15, 0.2) is 0 Å². The van der Waals surface area contributed by atoms with Crippen molar-refractivity contribution in [1.82, 2.24) is 0 Å². The molecule has 0 unspecified atom stereocenters. The average Bonchev–Trinajstić information content (AvgIpc) is 2.00. The van der Waals surface area contributed by atoms with Gasteiger partial charge >= 0.3 is 5.97 Å². The largest absolute Gasteiger partial charge is 0.462 e. The second-order valence-corrected chi connectivity index (χ2v) is 11.0. The van der Waals surface area contributed by atoms with Crippen LogP contribution in [0.5, 0.6) is 0 Å². The Morgan fingerprint density at radius 1 is 1.33 bits per heavy atom. The summed E-state index contributed by atoms with van der Waals surface area (Å²) < 4.78 is 5.42. The highest BCUT2D eigenvalue weighted by Gasteiger charge is 2.43. The number of carbonyl (C=O) groups is 1. The smallest absolute Gasteiger partial charge is 0.302 e. The molecule has 0 rings (SSSR count). The molecule has 0 aliphatic carbocycles. The van der Waals surface area contributed by atoms with Crippen LogP contribution < -0.4 is 0 Å². The maximum Gasteiger partial charge on any atom is 0.302 e. The van der Waals surface area contributed by atoms with Crippen LogP contribution in [0.4, 0.5) is 0 Å².